The van der Waals surface area contributed by atoms with Gasteiger partial charge in [0.25, 0.3) is 5.91 Å². The summed E-state index contributed by atoms with van der Waals surface area (Å²) >= 11 is 6.20. The van der Waals surface area contributed by atoms with Gasteiger partial charge in [0.2, 0.25) is 5.91 Å². The summed E-state index contributed by atoms with van der Waals surface area (Å²) in [4.78, 5) is 28.4. The van der Waals surface area contributed by atoms with E-state index in [1.54, 1.807) is 11.0 Å². The van der Waals surface area contributed by atoms with Crippen LogP contribution in [-0.4, -0.2) is 35.4 Å². The molecule has 0 saturated carbocycles. The molecule has 3 rings (SSSR count). The highest BCUT2D eigenvalue weighted by Crippen LogP contribution is 2.19. The third-order valence-corrected chi connectivity index (χ3v) is 5.53. The van der Waals surface area contributed by atoms with E-state index < -0.39 is 6.04 Å². The first-order chi connectivity index (χ1) is 16.3. The van der Waals surface area contributed by atoms with Crippen LogP contribution in [0.5, 0.6) is 5.75 Å². The van der Waals surface area contributed by atoms with Gasteiger partial charge in [0.15, 0.2) is 6.61 Å². The van der Waals surface area contributed by atoms with E-state index in [-0.39, 0.29) is 31.0 Å². The van der Waals surface area contributed by atoms with Gasteiger partial charge in [-0.3, -0.25) is 9.59 Å². The van der Waals surface area contributed by atoms with E-state index in [1.807, 2.05) is 93.6 Å². The number of carbonyl (C=O) groups excluding carboxylic acids is 2. The molecule has 0 aliphatic rings. The molecule has 0 aromatic heterocycles. The maximum absolute atomic E-state index is 13.5. The molecule has 1 atom stereocenters. The molecule has 5 nitrogen and oxygen atoms in total. The van der Waals surface area contributed by atoms with Crippen molar-refractivity contribution < 1.29 is 14.3 Å². The summed E-state index contributed by atoms with van der Waals surface area (Å²) in [7, 11) is 0. The first-order valence-electron chi connectivity index (χ1n) is 11.4. The van der Waals surface area contributed by atoms with Crippen molar-refractivity contribution in [3.63, 3.8) is 0 Å². The fraction of sp³-hybridized carbons (Fsp3) is 0.286. The second-order valence-corrected chi connectivity index (χ2v) is 9.06. The number of amides is 2. The Labute approximate surface area is 206 Å². The summed E-state index contributed by atoms with van der Waals surface area (Å²) in [5.41, 5.74) is 2.85. The molecule has 0 aliphatic heterocycles. The van der Waals surface area contributed by atoms with Crippen LogP contribution in [-0.2, 0) is 22.6 Å². The van der Waals surface area contributed by atoms with Gasteiger partial charge < -0.3 is 15.0 Å². The molecule has 3 aromatic carbocycles. The van der Waals surface area contributed by atoms with Gasteiger partial charge in [0.05, 0.1) is 0 Å². The lowest BCUT2D eigenvalue weighted by Crippen LogP contribution is -2.52. The number of aryl methyl sites for hydroxylation is 1. The molecule has 0 fully saturated rings. The number of hydrogen-bond acceptors (Lipinski definition) is 3. The third-order valence-electron chi connectivity index (χ3n) is 5.30. The zero-order valence-corrected chi connectivity index (χ0v) is 20.6. The second-order valence-electron chi connectivity index (χ2n) is 8.63. The average Bonchev–Trinajstić information content (AvgIpc) is 2.80. The lowest BCUT2D eigenvalue weighted by Gasteiger charge is -2.32. The summed E-state index contributed by atoms with van der Waals surface area (Å²) in [6.45, 7) is 5.83. The molecule has 3 aromatic rings. The van der Waals surface area contributed by atoms with Gasteiger partial charge >= 0.3 is 0 Å². The van der Waals surface area contributed by atoms with Gasteiger partial charge in [0.1, 0.15) is 11.8 Å². The van der Waals surface area contributed by atoms with Crippen molar-refractivity contribution in [2.45, 2.75) is 45.8 Å². The number of halogens is 1. The zero-order chi connectivity index (χ0) is 24.5. The number of benzene rings is 3. The van der Waals surface area contributed by atoms with E-state index in [1.165, 1.54) is 0 Å². The molecule has 0 heterocycles. The summed E-state index contributed by atoms with van der Waals surface area (Å²) in [5.74, 6) is 0.133. The summed E-state index contributed by atoms with van der Waals surface area (Å²) in [5, 5.41) is 3.55. The predicted octanol–water partition coefficient (Wildman–Crippen LogP) is 5.19. The highest BCUT2D eigenvalue weighted by molar-refractivity contribution is 6.30. The van der Waals surface area contributed by atoms with Crippen LogP contribution >= 0.6 is 11.6 Å². The van der Waals surface area contributed by atoms with Gasteiger partial charge in [-0.05, 0) is 61.7 Å². The van der Waals surface area contributed by atoms with Gasteiger partial charge in [-0.2, -0.15) is 0 Å². The highest BCUT2D eigenvalue weighted by atomic mass is 35.5. The van der Waals surface area contributed by atoms with E-state index in [9.17, 15) is 9.59 Å². The Balaban J connectivity index is 1.91. The third kappa shape index (κ3) is 7.63. The Morgan fingerprint density at radius 1 is 0.941 bits per heavy atom. The maximum Gasteiger partial charge on any atom is 0.261 e. The fourth-order valence-electron chi connectivity index (χ4n) is 3.70. The Morgan fingerprint density at radius 2 is 1.65 bits per heavy atom. The van der Waals surface area contributed by atoms with E-state index in [0.29, 0.717) is 17.2 Å². The van der Waals surface area contributed by atoms with Gasteiger partial charge in [-0.15, -0.1) is 0 Å². The summed E-state index contributed by atoms with van der Waals surface area (Å²) in [6.07, 6.45) is 0.385. The monoisotopic (exact) mass is 478 g/mol. The summed E-state index contributed by atoms with van der Waals surface area (Å²) in [6, 6.07) is 23.8. The van der Waals surface area contributed by atoms with Crippen LogP contribution in [0.25, 0.3) is 0 Å². The molecule has 0 radical (unpaired) electrons. The van der Waals surface area contributed by atoms with Crippen LogP contribution in [0.15, 0.2) is 78.9 Å². The lowest BCUT2D eigenvalue weighted by molar-refractivity contribution is -0.143. The van der Waals surface area contributed by atoms with Crippen molar-refractivity contribution in [2.24, 2.45) is 0 Å². The highest BCUT2D eigenvalue weighted by Gasteiger charge is 2.31. The number of ether oxygens (including phenoxy) is 1. The Morgan fingerprint density at radius 3 is 2.32 bits per heavy atom. The minimum Gasteiger partial charge on any atom is -0.484 e. The minimum atomic E-state index is -0.711. The molecule has 34 heavy (non-hydrogen) atoms. The number of rotatable bonds is 10. The SMILES string of the molecule is Cc1cccc(OCC(=O)N(Cc2cccc(Cl)c2)[C@@H](Cc2ccccc2)C(=O)NC(C)C)c1. The van der Waals surface area contributed by atoms with Gasteiger partial charge in [-0.1, -0.05) is 66.2 Å². The molecule has 0 unspecified atom stereocenters. The molecule has 178 valence electrons. The minimum absolute atomic E-state index is 0.0579. The van der Waals surface area contributed by atoms with Crippen LogP contribution in [0.4, 0.5) is 0 Å². The first-order valence-corrected chi connectivity index (χ1v) is 11.8. The fourth-order valence-corrected chi connectivity index (χ4v) is 3.91. The van der Waals surface area contributed by atoms with Gasteiger partial charge in [0, 0.05) is 24.0 Å². The van der Waals surface area contributed by atoms with Crippen LogP contribution in [0.2, 0.25) is 5.02 Å². The van der Waals surface area contributed by atoms with Crippen LogP contribution in [0.3, 0.4) is 0 Å². The van der Waals surface area contributed by atoms with Crippen molar-refractivity contribution in [2.75, 3.05) is 6.61 Å². The molecule has 2 amide bonds. The molecule has 1 N–H and O–H groups in total. The first kappa shape index (κ1) is 25.3. The average molecular weight is 479 g/mol. The van der Waals surface area contributed by atoms with E-state index >= 15 is 0 Å². The number of hydrogen-bond donors (Lipinski definition) is 1. The Bertz CT molecular complexity index is 1100. The number of nitrogens with zero attached hydrogens (tertiary/aromatic N) is 1. The summed E-state index contributed by atoms with van der Waals surface area (Å²) < 4.78 is 5.80. The predicted molar refractivity (Wildman–Crippen MR) is 136 cm³/mol. The Hall–Kier alpha value is -3.31. The van der Waals surface area contributed by atoms with E-state index in [4.69, 9.17) is 16.3 Å². The standard InChI is InChI=1S/C28H31ClN2O3/c1-20(2)30-28(33)26(17-22-10-5-4-6-11-22)31(18-23-12-8-13-24(29)16-23)27(32)19-34-25-14-7-9-21(3)15-25/h4-16,20,26H,17-19H2,1-3H3,(H,30,33)/t26-/m0/s1. The van der Waals surface area contributed by atoms with Crippen molar-refractivity contribution in [1.82, 2.24) is 10.2 Å². The van der Waals surface area contributed by atoms with Crippen molar-refractivity contribution >= 4 is 23.4 Å². The van der Waals surface area contributed by atoms with E-state index in [2.05, 4.69) is 5.32 Å². The number of carbonyl (C=O) groups is 2. The van der Waals surface area contributed by atoms with Crippen molar-refractivity contribution in [1.29, 1.82) is 0 Å². The molecule has 0 aliphatic carbocycles. The topological polar surface area (TPSA) is 58.6 Å². The van der Waals surface area contributed by atoms with Gasteiger partial charge in [-0.25, -0.2) is 0 Å². The molecule has 0 saturated heterocycles. The Kier molecular flexibility index (Phi) is 9.11. The number of nitrogens with one attached hydrogen (secondary N) is 1. The maximum atomic E-state index is 13.5. The van der Waals surface area contributed by atoms with Crippen molar-refractivity contribution in [3.05, 3.63) is 101 Å². The quantitative estimate of drug-likeness (QED) is 0.436. The van der Waals surface area contributed by atoms with Crippen LogP contribution in [0, 0.1) is 6.92 Å². The van der Waals surface area contributed by atoms with Crippen LogP contribution < -0.4 is 10.1 Å². The lowest BCUT2D eigenvalue weighted by atomic mass is 10.0. The van der Waals surface area contributed by atoms with Crippen LogP contribution in [0.1, 0.15) is 30.5 Å². The second kappa shape index (κ2) is 12.2. The molecule has 6 heteroatoms. The zero-order valence-electron chi connectivity index (χ0n) is 19.8. The molecular weight excluding hydrogens is 448 g/mol. The normalized spacial score (nSPS) is 11.7. The van der Waals surface area contributed by atoms with Crippen molar-refractivity contribution in [3.8, 4) is 5.75 Å². The smallest absolute Gasteiger partial charge is 0.261 e. The van der Waals surface area contributed by atoms with E-state index in [0.717, 1.165) is 16.7 Å². The largest absolute Gasteiger partial charge is 0.484 e. The molecule has 0 spiro atoms. The molecule has 0 bridgehead atoms. The molecular formula is C28H31ClN2O3.